The number of halogens is 13. The highest BCUT2D eigenvalue weighted by molar-refractivity contribution is 6.45. The van der Waals surface area contributed by atoms with Gasteiger partial charge in [-0.25, -0.2) is 4.99 Å². The Hall–Kier alpha value is -5.36. The van der Waals surface area contributed by atoms with Crippen molar-refractivity contribution < 1.29 is 66.4 Å². The van der Waals surface area contributed by atoms with Crippen LogP contribution in [0.3, 0.4) is 0 Å². The summed E-state index contributed by atoms with van der Waals surface area (Å²) in [7, 11) is -1.84. The van der Waals surface area contributed by atoms with Crippen LogP contribution in [0.4, 0.5) is 57.1 Å². The zero-order valence-corrected chi connectivity index (χ0v) is 38.0. The predicted octanol–water partition coefficient (Wildman–Crippen LogP) is 14.8. The molecule has 0 aliphatic carbocycles. The van der Waals surface area contributed by atoms with Gasteiger partial charge in [0, 0.05) is 40.1 Å². The van der Waals surface area contributed by atoms with Crippen LogP contribution < -0.4 is 0 Å². The van der Waals surface area contributed by atoms with Crippen LogP contribution in [0.25, 0.3) is 33.7 Å². The van der Waals surface area contributed by atoms with Crippen molar-refractivity contribution in [3.8, 4) is 22.4 Å². The average molecular weight is 965 g/mol. The second-order valence-corrected chi connectivity index (χ2v) is 19.3. The molecule has 0 amide bonds. The van der Waals surface area contributed by atoms with E-state index in [2.05, 4.69) is 0 Å². The van der Waals surface area contributed by atoms with Gasteiger partial charge in [-0.3, -0.25) is 0 Å². The topological polar surface area (TPSA) is 35.8 Å². The second-order valence-electron chi connectivity index (χ2n) is 19.3. The Bertz CT molecular complexity index is 2740. The maximum absolute atomic E-state index is 15.4. The summed E-state index contributed by atoms with van der Waals surface area (Å²) in [5, 5.41) is 0. The van der Waals surface area contributed by atoms with Crippen LogP contribution in [0.2, 0.25) is 0 Å². The average Bonchev–Trinajstić information content (AvgIpc) is 3.98. The van der Waals surface area contributed by atoms with Gasteiger partial charge < -0.3 is 13.8 Å². The summed E-state index contributed by atoms with van der Waals surface area (Å²) in [6, 6.07) is 31.6. The molecule has 4 aromatic carbocycles. The fourth-order valence-electron chi connectivity index (χ4n) is 8.21. The third-order valence-electron chi connectivity index (χ3n) is 12.3. The first-order valence-corrected chi connectivity index (χ1v) is 21.4. The van der Waals surface area contributed by atoms with Crippen LogP contribution in [0, 0.1) is 6.92 Å². The molecule has 68 heavy (non-hydrogen) atoms. The van der Waals surface area contributed by atoms with Crippen molar-refractivity contribution in [1.29, 1.82) is 0 Å². The fraction of sp³-hybridized carbons (Fsp3) is 0.380. The Kier molecular flexibility index (Phi) is 12.6. The normalized spacial score (nSPS) is 17.5. The summed E-state index contributed by atoms with van der Waals surface area (Å²) >= 11 is 0. The van der Waals surface area contributed by atoms with Gasteiger partial charge >= 0.3 is 43.0 Å². The van der Waals surface area contributed by atoms with Gasteiger partial charge in [0.1, 0.15) is 0 Å². The number of alkyl halides is 13. The number of hydrogen-bond acceptors (Lipinski definition) is 3. The molecule has 0 saturated carbocycles. The molecule has 362 valence electrons. The Morgan fingerprint density at radius 2 is 1.09 bits per heavy atom. The molecule has 3 heterocycles. The molecule has 1 atom stereocenters. The minimum Gasteiger partial charge on any atom is -0.389 e. The lowest BCUT2D eigenvalue weighted by Gasteiger charge is -2.40. The van der Waals surface area contributed by atoms with Crippen molar-refractivity contribution in [2.45, 2.75) is 115 Å². The van der Waals surface area contributed by atoms with E-state index in [0.717, 1.165) is 27.8 Å². The van der Waals surface area contributed by atoms with Gasteiger partial charge in [0.25, 0.3) is 0 Å². The van der Waals surface area contributed by atoms with Crippen LogP contribution in [-0.4, -0.2) is 65.9 Å². The number of benzene rings is 4. The zero-order chi connectivity index (χ0) is 50.4. The summed E-state index contributed by atoms with van der Waals surface area (Å²) < 4.78 is 197. The van der Waals surface area contributed by atoms with Crippen molar-refractivity contribution in [2.24, 2.45) is 4.99 Å². The highest BCUT2D eigenvalue weighted by Gasteiger charge is 2.90. The van der Waals surface area contributed by atoms with Gasteiger partial charge in [-0.2, -0.15) is 57.1 Å². The molecule has 1 saturated heterocycles. The lowest BCUT2D eigenvalue weighted by atomic mass is 9.86. The number of nitrogens with zero attached hydrogens (tertiary/aromatic N) is 2. The van der Waals surface area contributed by atoms with Crippen molar-refractivity contribution >= 4 is 24.2 Å². The largest absolute Gasteiger partial charge is 0.598 e. The maximum atomic E-state index is 15.4. The molecule has 0 bridgehead atoms. The van der Waals surface area contributed by atoms with Crippen LogP contribution >= 0.6 is 0 Å². The lowest BCUT2D eigenvalue weighted by molar-refractivity contribution is -0.440. The van der Waals surface area contributed by atoms with E-state index >= 15 is 8.78 Å². The summed E-state index contributed by atoms with van der Waals surface area (Å²) in [5.74, 6) is -37.6. The number of hydrogen-bond donors (Lipinski definition) is 0. The van der Waals surface area contributed by atoms with E-state index in [1.807, 2.05) is 127 Å². The summed E-state index contributed by atoms with van der Waals surface area (Å²) in [6.45, 7) is 14.6. The van der Waals surface area contributed by atoms with E-state index in [-0.39, 0.29) is 10.8 Å². The Labute approximate surface area is 385 Å². The van der Waals surface area contributed by atoms with Crippen molar-refractivity contribution in [2.75, 3.05) is 6.61 Å². The van der Waals surface area contributed by atoms with E-state index < -0.39 is 62.2 Å². The SMILES string of the molecule is C/C(=C1/N=C(c2ccc(C)cc2)c2ccccc21)c1c(-c2ccc(C(C)(C)C)cc2)cc(-c2ccc(C(C)(C)C)cc2)n1B1OCC(CC(F)(F)C(F)(F)C(F)(F)C(F)(F)C(F)(F)C(F)(F)F)O1. The number of aryl methyl sites for hydroxylation is 1. The van der Waals surface area contributed by atoms with Gasteiger partial charge in [-0.1, -0.05) is 144 Å². The van der Waals surface area contributed by atoms with Gasteiger partial charge in [0.15, 0.2) is 0 Å². The molecule has 0 radical (unpaired) electrons. The highest BCUT2D eigenvalue weighted by Crippen LogP contribution is 2.61. The number of fused-ring (bicyclic) bond motifs is 1. The summed E-state index contributed by atoms with van der Waals surface area (Å²) in [5.41, 5.74) is 8.38. The van der Waals surface area contributed by atoms with Crippen molar-refractivity contribution in [3.63, 3.8) is 0 Å². The van der Waals surface area contributed by atoms with Gasteiger partial charge in [-0.15, -0.1) is 0 Å². The Morgan fingerprint density at radius 3 is 1.60 bits per heavy atom. The number of allylic oxidation sites excluding steroid dienone is 1. The highest BCUT2D eigenvalue weighted by atomic mass is 19.4. The standard InChI is InChI=1S/C50H46BF13N2O2/c1-28-13-15-32(16-14-28)41-37-12-10-9-11-36(37)40(65-41)29(2)42-38(30-17-21-33(22-18-30)43(3,4)5)25-39(31-19-23-34(24-20-31)44(6,7)8)66(42)51-67-27-35(68-51)26-45(52,53)46(54,55)47(56,57)48(58,59)49(60,61)50(62,63)64/h9-25,35H,26-27H2,1-8H3/b40-29-. The second kappa shape index (κ2) is 17.0. The summed E-state index contributed by atoms with van der Waals surface area (Å²) in [6.07, 6.45) is -12.4. The van der Waals surface area contributed by atoms with E-state index in [1.165, 1.54) is 4.48 Å². The van der Waals surface area contributed by atoms with Crippen LogP contribution in [0.5, 0.6) is 0 Å². The van der Waals surface area contributed by atoms with E-state index in [9.17, 15) is 48.3 Å². The zero-order valence-electron chi connectivity index (χ0n) is 38.0. The van der Waals surface area contributed by atoms with E-state index in [1.54, 1.807) is 31.2 Å². The first-order chi connectivity index (χ1) is 31.2. The predicted molar refractivity (Wildman–Crippen MR) is 236 cm³/mol. The molecule has 1 unspecified atom stereocenters. The summed E-state index contributed by atoms with van der Waals surface area (Å²) in [4.78, 5) is 5.13. The molecule has 1 aromatic heterocycles. The first kappa shape index (κ1) is 50.5. The Morgan fingerprint density at radius 1 is 0.603 bits per heavy atom. The Balaban J connectivity index is 1.41. The molecule has 4 nitrogen and oxygen atoms in total. The van der Waals surface area contributed by atoms with E-state index in [0.29, 0.717) is 50.6 Å². The number of aromatic nitrogens is 1. The molecule has 2 aliphatic heterocycles. The van der Waals surface area contributed by atoms with E-state index in [4.69, 9.17) is 14.3 Å². The van der Waals surface area contributed by atoms with Crippen molar-refractivity contribution in [3.05, 3.63) is 142 Å². The van der Waals surface area contributed by atoms with Gasteiger partial charge in [0.05, 0.1) is 24.1 Å². The number of aliphatic imine (C=N–C) groups is 1. The third-order valence-corrected chi connectivity index (χ3v) is 12.3. The molecule has 1 fully saturated rings. The fourth-order valence-corrected chi connectivity index (χ4v) is 8.21. The van der Waals surface area contributed by atoms with Crippen LogP contribution in [-0.2, 0) is 20.1 Å². The minimum atomic E-state index is -8.02. The third kappa shape index (κ3) is 8.57. The molecule has 0 spiro atoms. The smallest absolute Gasteiger partial charge is 0.389 e. The van der Waals surface area contributed by atoms with Gasteiger partial charge in [0.2, 0.25) is 0 Å². The van der Waals surface area contributed by atoms with Gasteiger partial charge in [-0.05, 0) is 58.6 Å². The molecular formula is C50H46BF13N2O2. The van der Waals surface area contributed by atoms with Crippen molar-refractivity contribution in [1.82, 2.24) is 4.48 Å². The van der Waals surface area contributed by atoms with Crippen LogP contribution in [0.1, 0.15) is 94.0 Å². The molecule has 0 N–H and O–H groups in total. The maximum Gasteiger partial charge on any atom is 0.598 e. The monoisotopic (exact) mass is 964 g/mol. The molecule has 18 heteroatoms. The quantitative estimate of drug-likeness (QED) is 0.0977. The van der Waals surface area contributed by atoms with Crippen LogP contribution in [0.15, 0.2) is 108 Å². The molecule has 5 aromatic rings. The minimum absolute atomic E-state index is 0.266. The molecular weight excluding hydrogens is 918 g/mol. The molecule has 2 aliphatic rings. The molecule has 7 rings (SSSR count). The number of rotatable bonds is 11. The first-order valence-electron chi connectivity index (χ1n) is 21.4. The lowest BCUT2D eigenvalue weighted by Crippen LogP contribution is -2.70.